The maximum Gasteiger partial charge on any atom is 0.229 e. The molecule has 0 bridgehead atoms. The number of rotatable bonds is 3. The summed E-state index contributed by atoms with van der Waals surface area (Å²) in [6.07, 6.45) is 0.497. The molecule has 3 rings (SSSR count). The fourth-order valence-corrected chi connectivity index (χ4v) is 2.60. The van der Waals surface area contributed by atoms with Gasteiger partial charge >= 0.3 is 0 Å². The maximum absolute atomic E-state index is 11.7. The minimum Gasteiger partial charge on any atom is -0.399 e. The van der Waals surface area contributed by atoms with Crippen molar-refractivity contribution in [2.45, 2.75) is 18.9 Å². The molecule has 2 aromatic carbocycles. The molecule has 1 fully saturated rings. The van der Waals surface area contributed by atoms with Crippen molar-refractivity contribution in [3.63, 3.8) is 0 Å². The van der Waals surface area contributed by atoms with Gasteiger partial charge in [-0.15, -0.1) is 0 Å². The van der Waals surface area contributed by atoms with E-state index in [9.17, 15) is 9.90 Å². The number of carbonyl (C=O) groups is 1. The Bertz CT molecular complexity index is 635. The lowest BCUT2D eigenvalue weighted by Gasteiger charge is -2.16. The number of amides is 1. The molecular formula is C17H18N2O2. The minimum atomic E-state index is -0.549. The summed E-state index contributed by atoms with van der Waals surface area (Å²) < 4.78 is 0. The van der Waals surface area contributed by atoms with Crippen molar-refractivity contribution in [3.8, 4) is 0 Å². The number of nitrogen functional groups attached to an aromatic ring is 1. The number of aliphatic hydroxyl groups is 1. The molecule has 1 saturated heterocycles. The zero-order valence-corrected chi connectivity index (χ0v) is 11.7. The van der Waals surface area contributed by atoms with Gasteiger partial charge < -0.3 is 15.7 Å². The fourth-order valence-electron chi connectivity index (χ4n) is 2.60. The van der Waals surface area contributed by atoms with Crippen molar-refractivity contribution in [1.82, 2.24) is 0 Å². The molecule has 108 valence electrons. The summed E-state index contributed by atoms with van der Waals surface area (Å²) in [5, 5.41) is 9.53. The summed E-state index contributed by atoms with van der Waals surface area (Å²) in [5.41, 5.74) is 9.66. The largest absolute Gasteiger partial charge is 0.399 e. The highest BCUT2D eigenvalue weighted by Gasteiger charge is 2.28. The van der Waals surface area contributed by atoms with Crippen molar-refractivity contribution in [2.24, 2.45) is 0 Å². The molecule has 2 aromatic rings. The van der Waals surface area contributed by atoms with E-state index < -0.39 is 6.10 Å². The van der Waals surface area contributed by atoms with Gasteiger partial charge in [-0.25, -0.2) is 0 Å². The van der Waals surface area contributed by atoms with Crippen molar-refractivity contribution in [1.29, 1.82) is 0 Å². The van der Waals surface area contributed by atoms with Gasteiger partial charge in [0.15, 0.2) is 0 Å². The summed E-state index contributed by atoms with van der Waals surface area (Å²) in [6, 6.07) is 15.7. The van der Waals surface area contributed by atoms with Gasteiger partial charge in [-0.1, -0.05) is 24.3 Å². The topological polar surface area (TPSA) is 66.6 Å². The fraction of sp³-hybridized carbons (Fsp3) is 0.235. The monoisotopic (exact) mass is 282 g/mol. The number of benzene rings is 2. The average molecular weight is 282 g/mol. The Morgan fingerprint density at radius 1 is 1.05 bits per heavy atom. The summed E-state index contributed by atoms with van der Waals surface area (Å²) in [7, 11) is 0. The number of anilines is 2. The van der Waals surface area contributed by atoms with E-state index >= 15 is 0 Å². The van der Waals surface area contributed by atoms with Gasteiger partial charge in [0.05, 0.1) is 19.1 Å². The van der Waals surface area contributed by atoms with Crippen LogP contribution in [0.25, 0.3) is 0 Å². The number of carbonyl (C=O) groups excluding carboxylic acids is 1. The zero-order chi connectivity index (χ0) is 14.8. The highest BCUT2D eigenvalue weighted by Crippen LogP contribution is 2.22. The van der Waals surface area contributed by atoms with Crippen LogP contribution in [0.5, 0.6) is 0 Å². The number of hydrogen-bond acceptors (Lipinski definition) is 3. The predicted molar refractivity (Wildman–Crippen MR) is 83.1 cm³/mol. The minimum absolute atomic E-state index is 0.0196. The second kappa shape index (κ2) is 5.58. The molecule has 21 heavy (non-hydrogen) atoms. The smallest absolute Gasteiger partial charge is 0.229 e. The summed E-state index contributed by atoms with van der Waals surface area (Å²) >= 11 is 0. The lowest BCUT2D eigenvalue weighted by molar-refractivity contribution is -0.117. The standard InChI is InChI=1S/C17H18N2O2/c18-14-5-1-12(2-6-14)9-13-3-7-15(8-4-13)19-11-16(20)10-17(19)21/h1-8,16,20H,9-11,18H2. The molecule has 1 atom stereocenters. The van der Waals surface area contributed by atoms with Crippen molar-refractivity contribution in [3.05, 3.63) is 59.7 Å². The SMILES string of the molecule is Nc1ccc(Cc2ccc(N3CC(O)CC3=O)cc2)cc1. The highest BCUT2D eigenvalue weighted by molar-refractivity contribution is 5.96. The van der Waals surface area contributed by atoms with E-state index in [1.165, 1.54) is 11.1 Å². The second-order valence-corrected chi connectivity index (χ2v) is 5.45. The average Bonchev–Trinajstić information content (AvgIpc) is 2.81. The Morgan fingerprint density at radius 3 is 2.14 bits per heavy atom. The molecule has 1 unspecified atom stereocenters. The van der Waals surface area contributed by atoms with Gasteiger partial charge in [-0.2, -0.15) is 0 Å². The molecule has 3 N–H and O–H groups in total. The molecule has 4 nitrogen and oxygen atoms in total. The first-order valence-electron chi connectivity index (χ1n) is 7.03. The Balaban J connectivity index is 1.72. The van der Waals surface area contributed by atoms with E-state index in [0.29, 0.717) is 6.54 Å². The van der Waals surface area contributed by atoms with Crippen LogP contribution in [0.15, 0.2) is 48.5 Å². The molecule has 0 radical (unpaired) electrons. The van der Waals surface area contributed by atoms with Crippen LogP contribution in [0.2, 0.25) is 0 Å². The van der Waals surface area contributed by atoms with Crippen molar-refractivity contribution in [2.75, 3.05) is 17.2 Å². The van der Waals surface area contributed by atoms with Crippen LogP contribution in [0.1, 0.15) is 17.5 Å². The van der Waals surface area contributed by atoms with Gasteiger partial charge in [0, 0.05) is 11.4 Å². The molecule has 0 saturated carbocycles. The van der Waals surface area contributed by atoms with Crippen LogP contribution < -0.4 is 10.6 Å². The second-order valence-electron chi connectivity index (χ2n) is 5.45. The molecule has 1 amide bonds. The first-order valence-corrected chi connectivity index (χ1v) is 7.03. The summed E-state index contributed by atoms with van der Waals surface area (Å²) in [5.74, 6) is -0.0196. The first kappa shape index (κ1) is 13.6. The van der Waals surface area contributed by atoms with Crippen LogP contribution >= 0.6 is 0 Å². The van der Waals surface area contributed by atoms with Gasteiger partial charge in [0.25, 0.3) is 0 Å². The van der Waals surface area contributed by atoms with Gasteiger partial charge in [-0.05, 0) is 41.8 Å². The van der Waals surface area contributed by atoms with Crippen LogP contribution in [0.3, 0.4) is 0 Å². The molecule has 1 heterocycles. The normalized spacial score (nSPS) is 18.2. The number of β-amino-alcohol motifs (C(OH)–C–C–N with tert-alkyl or cyclic N) is 1. The molecule has 1 aliphatic rings. The highest BCUT2D eigenvalue weighted by atomic mass is 16.3. The van der Waals surface area contributed by atoms with Gasteiger partial charge in [0.1, 0.15) is 0 Å². The zero-order valence-electron chi connectivity index (χ0n) is 11.7. The van der Waals surface area contributed by atoms with E-state index in [0.717, 1.165) is 17.8 Å². The third-order valence-corrected chi connectivity index (χ3v) is 3.74. The lowest BCUT2D eigenvalue weighted by atomic mass is 10.0. The Morgan fingerprint density at radius 2 is 1.62 bits per heavy atom. The quantitative estimate of drug-likeness (QED) is 0.846. The van der Waals surface area contributed by atoms with Crippen molar-refractivity contribution >= 4 is 17.3 Å². The van der Waals surface area contributed by atoms with E-state index in [2.05, 4.69) is 0 Å². The Kier molecular flexibility index (Phi) is 3.62. The Hall–Kier alpha value is -2.33. The Labute approximate surface area is 123 Å². The number of nitrogens with zero attached hydrogens (tertiary/aromatic N) is 1. The molecule has 1 aliphatic heterocycles. The van der Waals surface area contributed by atoms with Gasteiger partial charge in [-0.3, -0.25) is 4.79 Å². The molecule has 0 aliphatic carbocycles. The first-order chi connectivity index (χ1) is 10.1. The number of aliphatic hydroxyl groups excluding tert-OH is 1. The third-order valence-electron chi connectivity index (χ3n) is 3.74. The van der Waals surface area contributed by atoms with E-state index in [1.807, 2.05) is 48.5 Å². The molecule has 4 heteroatoms. The van der Waals surface area contributed by atoms with E-state index in [1.54, 1.807) is 4.90 Å². The lowest BCUT2D eigenvalue weighted by Crippen LogP contribution is -2.25. The van der Waals surface area contributed by atoms with Crippen LogP contribution in [0, 0.1) is 0 Å². The summed E-state index contributed by atoms with van der Waals surface area (Å²) in [6.45, 7) is 0.385. The maximum atomic E-state index is 11.7. The molecule has 0 spiro atoms. The number of hydrogen-bond donors (Lipinski definition) is 2. The third kappa shape index (κ3) is 3.06. The van der Waals surface area contributed by atoms with Crippen molar-refractivity contribution < 1.29 is 9.90 Å². The van der Waals surface area contributed by atoms with E-state index in [4.69, 9.17) is 5.73 Å². The van der Waals surface area contributed by atoms with Crippen LogP contribution in [-0.2, 0) is 11.2 Å². The van der Waals surface area contributed by atoms with E-state index in [-0.39, 0.29) is 12.3 Å². The number of nitrogens with two attached hydrogens (primary N) is 1. The van der Waals surface area contributed by atoms with Gasteiger partial charge in [0.2, 0.25) is 5.91 Å². The predicted octanol–water partition coefficient (Wildman–Crippen LogP) is 1.96. The van der Waals surface area contributed by atoms with Crippen LogP contribution in [-0.4, -0.2) is 23.7 Å². The van der Waals surface area contributed by atoms with Crippen LogP contribution in [0.4, 0.5) is 11.4 Å². The molecular weight excluding hydrogens is 264 g/mol. The molecule has 0 aromatic heterocycles. The summed E-state index contributed by atoms with van der Waals surface area (Å²) in [4.78, 5) is 13.4.